The molecule has 1 fully saturated rings. The summed E-state index contributed by atoms with van der Waals surface area (Å²) in [4.78, 5) is 2.28. The second-order valence-electron chi connectivity index (χ2n) is 2.82. The van der Waals surface area contributed by atoms with Crippen LogP contribution in [0.25, 0.3) is 0 Å². The van der Waals surface area contributed by atoms with Crippen LogP contribution < -0.4 is 5.73 Å². The lowest BCUT2D eigenvalue weighted by Gasteiger charge is -2.08. The first-order valence-electron chi connectivity index (χ1n) is 3.33. The Hall–Kier alpha value is -0.500. The smallest absolute Gasteiger partial charge is 0.0118 e. The van der Waals surface area contributed by atoms with E-state index in [2.05, 4.69) is 18.5 Å². The molecule has 0 amide bonds. The molecule has 1 atom stereocenters. The lowest BCUT2D eigenvalue weighted by Crippen LogP contribution is -2.17. The van der Waals surface area contributed by atoms with Gasteiger partial charge < -0.3 is 10.6 Å². The zero-order valence-corrected chi connectivity index (χ0v) is 5.93. The number of hydrogen-bond acceptors (Lipinski definition) is 2. The van der Waals surface area contributed by atoms with Crippen molar-refractivity contribution in [2.45, 2.75) is 6.42 Å². The van der Waals surface area contributed by atoms with Crippen molar-refractivity contribution in [1.82, 2.24) is 4.90 Å². The van der Waals surface area contributed by atoms with Crippen molar-refractivity contribution in [3.05, 3.63) is 12.3 Å². The van der Waals surface area contributed by atoms with Gasteiger partial charge in [0, 0.05) is 18.2 Å². The van der Waals surface area contributed by atoms with E-state index < -0.39 is 0 Å². The molecule has 1 rings (SSSR count). The zero-order valence-electron chi connectivity index (χ0n) is 5.93. The summed E-state index contributed by atoms with van der Waals surface area (Å²) in [5.74, 6) is 0.551. The molecular weight excluding hydrogens is 112 g/mol. The van der Waals surface area contributed by atoms with Gasteiger partial charge in [-0.15, -0.1) is 0 Å². The van der Waals surface area contributed by atoms with Crippen molar-refractivity contribution in [3.63, 3.8) is 0 Å². The fourth-order valence-electron chi connectivity index (χ4n) is 1.24. The van der Waals surface area contributed by atoms with Gasteiger partial charge in [0.15, 0.2) is 0 Å². The molecule has 1 aliphatic heterocycles. The van der Waals surface area contributed by atoms with E-state index in [4.69, 9.17) is 5.73 Å². The van der Waals surface area contributed by atoms with Crippen LogP contribution in [-0.4, -0.2) is 25.0 Å². The van der Waals surface area contributed by atoms with Crippen LogP contribution >= 0.6 is 0 Å². The molecule has 0 aromatic heterocycles. The molecule has 2 N–H and O–H groups in total. The van der Waals surface area contributed by atoms with E-state index in [0.717, 1.165) is 12.2 Å². The van der Waals surface area contributed by atoms with Gasteiger partial charge in [0.05, 0.1) is 0 Å². The highest BCUT2D eigenvalue weighted by molar-refractivity contribution is 4.98. The predicted octanol–water partition coefficient (Wildman–Crippen LogP) is 0.410. The minimum atomic E-state index is 0.551. The van der Waals surface area contributed by atoms with E-state index in [1.165, 1.54) is 13.0 Å². The highest BCUT2D eigenvalue weighted by atomic mass is 15.1. The number of likely N-dealkylation sites (tertiary alicyclic amines) is 1. The van der Waals surface area contributed by atoms with Crippen LogP contribution in [0.4, 0.5) is 0 Å². The van der Waals surface area contributed by atoms with Crippen molar-refractivity contribution in [3.8, 4) is 0 Å². The fraction of sp³-hybridized carbons (Fsp3) is 0.714. The zero-order chi connectivity index (χ0) is 6.85. The number of hydrogen-bond donors (Lipinski definition) is 1. The summed E-state index contributed by atoms with van der Waals surface area (Å²) in [5, 5.41) is 0. The van der Waals surface area contributed by atoms with E-state index in [-0.39, 0.29) is 0 Å². The van der Waals surface area contributed by atoms with Crippen molar-refractivity contribution in [2.24, 2.45) is 11.7 Å². The van der Waals surface area contributed by atoms with E-state index >= 15 is 0 Å². The maximum atomic E-state index is 5.54. The Balaban J connectivity index is 2.39. The maximum Gasteiger partial charge on any atom is 0.0118 e. The first-order chi connectivity index (χ1) is 4.20. The summed E-state index contributed by atoms with van der Waals surface area (Å²) in [6.45, 7) is 5.98. The van der Waals surface area contributed by atoms with E-state index in [1.54, 1.807) is 0 Å². The van der Waals surface area contributed by atoms with Crippen LogP contribution in [0, 0.1) is 5.92 Å². The molecule has 2 heteroatoms. The van der Waals surface area contributed by atoms with Gasteiger partial charge in [0.1, 0.15) is 0 Å². The minimum absolute atomic E-state index is 0.551. The van der Waals surface area contributed by atoms with Crippen molar-refractivity contribution < 1.29 is 0 Å². The van der Waals surface area contributed by atoms with Crippen molar-refractivity contribution in [2.75, 3.05) is 20.1 Å². The third kappa shape index (κ3) is 1.45. The molecule has 0 spiro atoms. The average molecular weight is 126 g/mol. The highest BCUT2D eigenvalue weighted by Crippen LogP contribution is 2.17. The molecule has 1 aliphatic rings. The van der Waals surface area contributed by atoms with E-state index in [9.17, 15) is 0 Å². The summed E-state index contributed by atoms with van der Waals surface area (Å²) in [6, 6.07) is 0. The highest BCUT2D eigenvalue weighted by Gasteiger charge is 2.19. The molecule has 0 saturated carbocycles. The van der Waals surface area contributed by atoms with Crippen LogP contribution in [0.15, 0.2) is 12.3 Å². The molecule has 0 bridgehead atoms. The first-order valence-corrected chi connectivity index (χ1v) is 3.33. The summed E-state index contributed by atoms with van der Waals surface area (Å²) < 4.78 is 0. The van der Waals surface area contributed by atoms with Gasteiger partial charge in [0.2, 0.25) is 0 Å². The standard InChI is InChI=1S/C7H14N2/c1-6(8)7-3-4-9(2)5-7/h7H,1,3-5,8H2,2H3/t7-/m1/s1. The molecule has 0 aromatic carbocycles. The molecular formula is C7H14N2. The molecule has 0 aliphatic carbocycles. The molecule has 0 radical (unpaired) electrons. The van der Waals surface area contributed by atoms with Gasteiger partial charge >= 0.3 is 0 Å². The Morgan fingerprint density at radius 1 is 1.78 bits per heavy atom. The Morgan fingerprint density at radius 2 is 2.44 bits per heavy atom. The van der Waals surface area contributed by atoms with Crippen molar-refractivity contribution >= 4 is 0 Å². The molecule has 0 aromatic rings. The molecule has 0 unspecified atom stereocenters. The van der Waals surface area contributed by atoms with Crippen LogP contribution in [0.5, 0.6) is 0 Å². The third-order valence-corrected chi connectivity index (χ3v) is 1.92. The van der Waals surface area contributed by atoms with E-state index in [0.29, 0.717) is 5.92 Å². The second kappa shape index (κ2) is 2.40. The molecule has 2 nitrogen and oxygen atoms in total. The van der Waals surface area contributed by atoms with Crippen LogP contribution in [0.1, 0.15) is 6.42 Å². The fourth-order valence-corrected chi connectivity index (χ4v) is 1.24. The SMILES string of the molecule is C=C(N)[C@@H]1CCN(C)C1. The third-order valence-electron chi connectivity index (χ3n) is 1.92. The van der Waals surface area contributed by atoms with Gasteiger partial charge in [-0.2, -0.15) is 0 Å². The normalized spacial score (nSPS) is 28.8. The van der Waals surface area contributed by atoms with Gasteiger partial charge in [-0.1, -0.05) is 6.58 Å². The predicted molar refractivity (Wildman–Crippen MR) is 38.9 cm³/mol. The summed E-state index contributed by atoms with van der Waals surface area (Å²) in [5.41, 5.74) is 6.39. The first kappa shape index (κ1) is 6.62. The topological polar surface area (TPSA) is 29.3 Å². The van der Waals surface area contributed by atoms with E-state index in [1.807, 2.05) is 0 Å². The van der Waals surface area contributed by atoms with Crippen LogP contribution in [-0.2, 0) is 0 Å². The van der Waals surface area contributed by atoms with Gasteiger partial charge in [-0.25, -0.2) is 0 Å². The lowest BCUT2D eigenvalue weighted by atomic mass is 10.1. The molecule has 9 heavy (non-hydrogen) atoms. The minimum Gasteiger partial charge on any atom is -0.402 e. The van der Waals surface area contributed by atoms with Gasteiger partial charge in [-0.05, 0) is 20.0 Å². The molecule has 1 heterocycles. The lowest BCUT2D eigenvalue weighted by molar-refractivity contribution is 0.405. The number of nitrogens with two attached hydrogens (primary N) is 1. The Labute approximate surface area is 56.3 Å². The van der Waals surface area contributed by atoms with Crippen LogP contribution in [0.2, 0.25) is 0 Å². The van der Waals surface area contributed by atoms with Gasteiger partial charge in [0.25, 0.3) is 0 Å². The largest absolute Gasteiger partial charge is 0.402 e. The Bertz CT molecular complexity index is 120. The quantitative estimate of drug-likeness (QED) is 0.551. The monoisotopic (exact) mass is 126 g/mol. The summed E-state index contributed by atoms with van der Waals surface area (Å²) >= 11 is 0. The molecule has 52 valence electrons. The Kier molecular flexibility index (Phi) is 1.76. The number of nitrogens with zero attached hydrogens (tertiary/aromatic N) is 1. The average Bonchev–Trinajstić information content (AvgIpc) is 2.14. The second-order valence-corrected chi connectivity index (χ2v) is 2.82. The van der Waals surface area contributed by atoms with Crippen LogP contribution in [0.3, 0.4) is 0 Å². The maximum absolute atomic E-state index is 5.54. The van der Waals surface area contributed by atoms with Gasteiger partial charge in [-0.3, -0.25) is 0 Å². The Morgan fingerprint density at radius 3 is 2.67 bits per heavy atom. The summed E-state index contributed by atoms with van der Waals surface area (Å²) in [6.07, 6.45) is 1.19. The summed E-state index contributed by atoms with van der Waals surface area (Å²) in [7, 11) is 2.11. The molecule has 1 saturated heterocycles. The van der Waals surface area contributed by atoms with Crippen molar-refractivity contribution in [1.29, 1.82) is 0 Å². The number of rotatable bonds is 1.